The van der Waals surface area contributed by atoms with Crippen molar-refractivity contribution in [1.29, 1.82) is 0 Å². The maximum absolute atomic E-state index is 12.3. The van der Waals surface area contributed by atoms with E-state index in [0.717, 1.165) is 0 Å². The summed E-state index contributed by atoms with van der Waals surface area (Å²) in [5.41, 5.74) is 0. The number of carboxylic acids is 1. The third-order valence-corrected chi connectivity index (χ3v) is 1.53. The molecule has 0 rings (SSSR count). The Hall–Kier alpha value is -0.860. The molecule has 0 aliphatic heterocycles. The average Bonchev–Trinajstić information content (AvgIpc) is 2.03. The maximum Gasteiger partial charge on any atom is 0.410 e. The Morgan fingerprint density at radius 3 is 1.71 bits per heavy atom. The average molecular weight is 240 g/mol. The molecule has 0 heterocycles. The van der Waals surface area contributed by atoms with Crippen LogP contribution in [0.4, 0.5) is 26.3 Å². The minimum absolute atomic E-state index is 0.899. The Balaban J connectivity index is 5.35. The van der Waals surface area contributed by atoms with Crippen LogP contribution in [0.15, 0.2) is 0 Å². The number of hydrogen-bond acceptors (Lipinski definition) is 2. The third-order valence-electron chi connectivity index (χ3n) is 1.23. The number of hydrogen-bond donors (Lipinski definition) is 1. The number of alkyl halides is 6. The number of aliphatic carboxylic acids is 1. The van der Waals surface area contributed by atoms with Crippen LogP contribution in [0.1, 0.15) is 0 Å². The monoisotopic (exact) mass is 240 g/mol. The summed E-state index contributed by atoms with van der Waals surface area (Å²) in [6.45, 7) is 0. The van der Waals surface area contributed by atoms with Crippen molar-refractivity contribution in [3.8, 4) is 0 Å². The first kappa shape index (κ1) is 13.1. The lowest BCUT2D eigenvalue weighted by molar-refractivity contribution is -0.279. The van der Waals surface area contributed by atoms with E-state index in [0.29, 0.717) is 0 Å². The second-order valence-corrected chi connectivity index (χ2v) is 2.43. The van der Waals surface area contributed by atoms with E-state index in [1.165, 1.54) is 0 Å². The van der Waals surface area contributed by atoms with Crippen LogP contribution in [-0.2, 0) is 4.79 Å². The molecule has 14 heavy (non-hydrogen) atoms. The van der Waals surface area contributed by atoms with Crippen LogP contribution >= 0.6 is 12.2 Å². The smallest absolute Gasteiger partial charge is 0.410 e. The predicted octanol–water partition coefficient (Wildman–Crippen LogP) is 1.98. The molecule has 0 aliphatic rings. The van der Waals surface area contributed by atoms with Crippen LogP contribution in [0.5, 0.6) is 0 Å². The molecule has 0 spiro atoms. The summed E-state index contributed by atoms with van der Waals surface area (Å²) in [7, 11) is 0. The van der Waals surface area contributed by atoms with Gasteiger partial charge < -0.3 is 5.11 Å². The Kier molecular flexibility index (Phi) is 3.16. The summed E-state index contributed by atoms with van der Waals surface area (Å²) < 4.78 is 73.0. The van der Waals surface area contributed by atoms with Gasteiger partial charge in [-0.25, -0.2) is 4.79 Å². The van der Waals surface area contributed by atoms with Gasteiger partial charge in [0.1, 0.15) is 0 Å². The van der Waals surface area contributed by atoms with Crippen LogP contribution in [0.3, 0.4) is 0 Å². The van der Waals surface area contributed by atoms with E-state index in [2.05, 4.69) is 12.2 Å². The Labute approximate surface area is 78.5 Å². The van der Waals surface area contributed by atoms with E-state index >= 15 is 0 Å². The molecule has 82 valence electrons. The lowest BCUT2D eigenvalue weighted by Gasteiger charge is -2.27. The topological polar surface area (TPSA) is 37.3 Å². The van der Waals surface area contributed by atoms with Crippen molar-refractivity contribution in [2.24, 2.45) is 0 Å². The molecule has 0 aliphatic carbocycles. The van der Waals surface area contributed by atoms with Gasteiger partial charge >= 0.3 is 23.7 Å². The third kappa shape index (κ3) is 1.68. The fraction of sp³-hybridized carbons (Fsp3) is 0.600. The standard InChI is InChI=1S/C5H2F6O2S/c6-3(7,1-14)5(10,11)4(8,9)2(12)13/h1H,(H,12,13). The molecule has 0 radical (unpaired) electrons. The first-order valence-electron chi connectivity index (χ1n) is 2.84. The molecule has 0 atom stereocenters. The lowest BCUT2D eigenvalue weighted by Crippen LogP contribution is -2.58. The molecule has 0 aromatic rings. The van der Waals surface area contributed by atoms with Crippen LogP contribution in [-0.4, -0.2) is 34.2 Å². The van der Waals surface area contributed by atoms with E-state index in [1.807, 2.05) is 0 Å². The van der Waals surface area contributed by atoms with Gasteiger partial charge in [-0.2, -0.15) is 26.3 Å². The van der Waals surface area contributed by atoms with Crippen molar-refractivity contribution < 1.29 is 36.2 Å². The van der Waals surface area contributed by atoms with Gasteiger partial charge in [-0.05, 0) is 0 Å². The molecular formula is C5H2F6O2S. The van der Waals surface area contributed by atoms with E-state index in [1.54, 1.807) is 0 Å². The highest BCUT2D eigenvalue weighted by Crippen LogP contribution is 2.44. The van der Waals surface area contributed by atoms with Gasteiger partial charge in [0.25, 0.3) is 0 Å². The molecule has 0 unspecified atom stereocenters. The van der Waals surface area contributed by atoms with Crippen molar-refractivity contribution in [3.63, 3.8) is 0 Å². The summed E-state index contributed by atoms with van der Waals surface area (Å²) in [6, 6.07) is 0. The van der Waals surface area contributed by atoms with Gasteiger partial charge in [-0.15, -0.1) is 0 Å². The summed E-state index contributed by atoms with van der Waals surface area (Å²) in [6.07, 6.45) is 0. The zero-order chi connectivity index (χ0) is 11.8. The van der Waals surface area contributed by atoms with Gasteiger partial charge in [0.15, 0.2) is 0 Å². The molecule has 1 N–H and O–H groups in total. The molecule has 9 heteroatoms. The Morgan fingerprint density at radius 1 is 1.14 bits per heavy atom. The van der Waals surface area contributed by atoms with Gasteiger partial charge in [-0.3, -0.25) is 0 Å². The quantitative estimate of drug-likeness (QED) is 0.603. The highest BCUT2D eigenvalue weighted by molar-refractivity contribution is 7.79. The van der Waals surface area contributed by atoms with Crippen LogP contribution in [0, 0.1) is 0 Å². The number of carbonyl (C=O) groups is 1. The molecular weight excluding hydrogens is 238 g/mol. The van der Waals surface area contributed by atoms with Crippen LogP contribution in [0.2, 0.25) is 0 Å². The molecule has 0 bridgehead atoms. The fourth-order valence-corrected chi connectivity index (χ4v) is 0.566. The van der Waals surface area contributed by atoms with E-state index in [4.69, 9.17) is 5.11 Å². The van der Waals surface area contributed by atoms with Crippen molar-refractivity contribution in [1.82, 2.24) is 0 Å². The van der Waals surface area contributed by atoms with E-state index in [-0.39, 0.29) is 0 Å². The zero-order valence-corrected chi connectivity index (χ0v) is 6.93. The normalized spacial score (nSPS) is 13.9. The maximum atomic E-state index is 12.3. The second-order valence-electron chi connectivity index (χ2n) is 2.19. The van der Waals surface area contributed by atoms with Gasteiger partial charge in [-0.1, -0.05) is 12.2 Å². The van der Waals surface area contributed by atoms with Crippen molar-refractivity contribution in [3.05, 3.63) is 0 Å². The van der Waals surface area contributed by atoms with Crippen molar-refractivity contribution in [2.75, 3.05) is 0 Å². The summed E-state index contributed by atoms with van der Waals surface area (Å²) >= 11 is 3.41. The first-order chi connectivity index (χ1) is 6.00. The molecule has 0 amide bonds. The molecule has 2 nitrogen and oxygen atoms in total. The molecule has 0 fully saturated rings. The van der Waals surface area contributed by atoms with Gasteiger partial charge in [0.2, 0.25) is 0 Å². The highest BCUT2D eigenvalue weighted by atomic mass is 32.1. The van der Waals surface area contributed by atoms with Gasteiger partial charge in [0.05, 0.1) is 5.37 Å². The number of halogens is 6. The minimum atomic E-state index is -6.06. The largest absolute Gasteiger partial charge is 0.477 e. The molecule has 0 saturated carbocycles. The predicted molar refractivity (Wildman–Crippen MR) is 36.1 cm³/mol. The second kappa shape index (κ2) is 3.37. The Morgan fingerprint density at radius 2 is 1.50 bits per heavy atom. The van der Waals surface area contributed by atoms with Crippen LogP contribution < -0.4 is 0 Å². The number of thiocarbonyl (C=S) groups is 1. The van der Waals surface area contributed by atoms with Crippen LogP contribution in [0.25, 0.3) is 0 Å². The zero-order valence-electron chi connectivity index (χ0n) is 6.11. The summed E-state index contributed by atoms with van der Waals surface area (Å²) in [4.78, 5) is 9.62. The number of carboxylic acid groups (broad SMARTS) is 1. The lowest BCUT2D eigenvalue weighted by atomic mass is 10.1. The highest BCUT2D eigenvalue weighted by Gasteiger charge is 2.74. The summed E-state index contributed by atoms with van der Waals surface area (Å²) in [5.74, 6) is -20.7. The Bertz CT molecular complexity index is 263. The number of rotatable bonds is 4. The van der Waals surface area contributed by atoms with Crippen molar-refractivity contribution in [2.45, 2.75) is 17.8 Å². The van der Waals surface area contributed by atoms with Crippen molar-refractivity contribution >= 4 is 23.6 Å². The molecule has 0 aromatic heterocycles. The summed E-state index contributed by atoms with van der Waals surface area (Å²) in [5, 5.41) is 6.73. The molecule has 0 aromatic carbocycles. The van der Waals surface area contributed by atoms with Gasteiger partial charge in [0, 0.05) is 0 Å². The van der Waals surface area contributed by atoms with E-state index in [9.17, 15) is 31.1 Å². The SMILES string of the molecule is O=C(O)C(F)(F)C(F)(F)C(F)(F)C=S. The fourth-order valence-electron chi connectivity index (χ4n) is 0.418. The minimum Gasteiger partial charge on any atom is -0.477 e. The first-order valence-corrected chi connectivity index (χ1v) is 3.31. The molecule has 0 saturated heterocycles. The van der Waals surface area contributed by atoms with E-state index < -0.39 is 29.1 Å².